The first-order valence-corrected chi connectivity index (χ1v) is 5.82. The molecule has 0 saturated heterocycles. The van der Waals surface area contributed by atoms with Crippen LogP contribution in [-0.4, -0.2) is 34.6 Å². The fourth-order valence-electron chi connectivity index (χ4n) is 1.48. The average molecular weight is 264 g/mol. The number of carboxylic acid groups (broad SMARTS) is 1. The molecule has 102 valence electrons. The topological polar surface area (TPSA) is 82.8 Å². The van der Waals surface area contributed by atoms with Crippen LogP contribution in [0.2, 0.25) is 0 Å². The number of amides is 2. The van der Waals surface area contributed by atoms with Crippen LogP contribution < -0.4 is 5.32 Å². The Kier molecular flexibility index (Phi) is 5.48. The van der Waals surface area contributed by atoms with Gasteiger partial charge >= 0.3 is 12.0 Å². The van der Waals surface area contributed by atoms with Crippen molar-refractivity contribution in [1.82, 2.24) is 10.2 Å². The van der Waals surface area contributed by atoms with E-state index in [0.717, 1.165) is 0 Å². The van der Waals surface area contributed by atoms with Crippen molar-refractivity contribution < 1.29 is 19.1 Å². The molecule has 0 fully saturated rings. The minimum Gasteiger partial charge on any atom is -0.480 e. The molecule has 1 unspecified atom stereocenters. The van der Waals surface area contributed by atoms with Crippen molar-refractivity contribution in [2.24, 2.45) is 0 Å². The van der Waals surface area contributed by atoms with E-state index in [1.807, 2.05) is 0 Å². The molecule has 0 aliphatic carbocycles. The van der Waals surface area contributed by atoms with E-state index in [2.05, 4.69) is 11.2 Å². The van der Waals surface area contributed by atoms with Gasteiger partial charge in [0.15, 0.2) is 0 Å². The van der Waals surface area contributed by atoms with Crippen molar-refractivity contribution in [3.63, 3.8) is 0 Å². The second-order valence-corrected chi connectivity index (χ2v) is 3.84. The van der Waals surface area contributed by atoms with Gasteiger partial charge in [-0.2, -0.15) is 0 Å². The summed E-state index contributed by atoms with van der Waals surface area (Å²) in [7, 11) is 0. The molecule has 6 nitrogen and oxygen atoms in total. The largest absolute Gasteiger partial charge is 0.480 e. The first-order valence-electron chi connectivity index (χ1n) is 5.82. The number of rotatable bonds is 6. The fourth-order valence-corrected chi connectivity index (χ4v) is 1.48. The van der Waals surface area contributed by atoms with Gasteiger partial charge in [0.1, 0.15) is 11.8 Å². The van der Waals surface area contributed by atoms with Gasteiger partial charge in [0.05, 0.1) is 12.8 Å². The van der Waals surface area contributed by atoms with Gasteiger partial charge in [-0.3, -0.25) is 0 Å². The minimum atomic E-state index is -1.15. The monoisotopic (exact) mass is 264 g/mol. The summed E-state index contributed by atoms with van der Waals surface area (Å²) in [6.07, 6.45) is 6.53. The molecule has 2 N–H and O–H groups in total. The molecule has 1 heterocycles. The molecule has 1 aromatic heterocycles. The molecular formula is C13H16N2O4. The Balaban J connectivity index is 2.63. The third-order valence-corrected chi connectivity index (χ3v) is 2.51. The van der Waals surface area contributed by atoms with Crippen LogP contribution in [0.5, 0.6) is 0 Å². The molecule has 0 aromatic carbocycles. The molecule has 0 saturated carbocycles. The zero-order valence-corrected chi connectivity index (χ0v) is 10.6. The molecule has 0 radical (unpaired) electrons. The van der Waals surface area contributed by atoms with E-state index in [9.17, 15) is 9.59 Å². The van der Waals surface area contributed by atoms with Gasteiger partial charge in [-0.05, 0) is 19.1 Å². The van der Waals surface area contributed by atoms with E-state index in [4.69, 9.17) is 15.9 Å². The van der Waals surface area contributed by atoms with Gasteiger partial charge in [-0.25, -0.2) is 9.59 Å². The highest BCUT2D eigenvalue weighted by Crippen LogP contribution is 2.06. The average Bonchev–Trinajstić information content (AvgIpc) is 2.87. The Morgan fingerprint density at radius 1 is 1.63 bits per heavy atom. The number of aliphatic carboxylic acids is 1. The van der Waals surface area contributed by atoms with Crippen molar-refractivity contribution in [2.75, 3.05) is 6.54 Å². The number of urea groups is 1. The van der Waals surface area contributed by atoms with Crippen LogP contribution in [0.3, 0.4) is 0 Å². The number of nitrogens with one attached hydrogen (secondary N) is 1. The number of furan rings is 1. The van der Waals surface area contributed by atoms with E-state index < -0.39 is 18.0 Å². The molecule has 1 rings (SSSR count). The van der Waals surface area contributed by atoms with Gasteiger partial charge in [-0.15, -0.1) is 12.3 Å². The van der Waals surface area contributed by atoms with Crippen molar-refractivity contribution in [3.8, 4) is 12.3 Å². The Morgan fingerprint density at radius 3 is 2.84 bits per heavy atom. The van der Waals surface area contributed by atoms with Crippen molar-refractivity contribution in [1.29, 1.82) is 0 Å². The Morgan fingerprint density at radius 2 is 2.37 bits per heavy atom. The number of hydrogen-bond donors (Lipinski definition) is 2. The lowest BCUT2D eigenvalue weighted by Crippen LogP contribution is -2.47. The lowest BCUT2D eigenvalue weighted by atomic mass is 10.2. The highest BCUT2D eigenvalue weighted by atomic mass is 16.4. The highest BCUT2D eigenvalue weighted by molar-refractivity contribution is 5.82. The number of nitrogens with zero attached hydrogens (tertiary/aromatic N) is 1. The molecule has 19 heavy (non-hydrogen) atoms. The van der Waals surface area contributed by atoms with Crippen LogP contribution >= 0.6 is 0 Å². The van der Waals surface area contributed by atoms with Gasteiger partial charge in [0.2, 0.25) is 0 Å². The summed E-state index contributed by atoms with van der Waals surface area (Å²) in [5.74, 6) is 1.70. The lowest BCUT2D eigenvalue weighted by molar-refractivity contribution is -0.139. The van der Waals surface area contributed by atoms with Gasteiger partial charge in [0.25, 0.3) is 0 Å². The lowest BCUT2D eigenvalue weighted by Gasteiger charge is -2.22. The zero-order valence-electron chi connectivity index (χ0n) is 10.6. The van der Waals surface area contributed by atoms with Gasteiger partial charge in [0, 0.05) is 13.0 Å². The van der Waals surface area contributed by atoms with Gasteiger partial charge in [-0.1, -0.05) is 0 Å². The van der Waals surface area contributed by atoms with E-state index in [1.165, 1.54) is 11.2 Å². The molecule has 0 aliphatic heterocycles. The smallest absolute Gasteiger partial charge is 0.327 e. The van der Waals surface area contributed by atoms with Crippen LogP contribution in [0.1, 0.15) is 19.1 Å². The Bertz CT molecular complexity index is 461. The molecule has 2 amide bonds. The Hall–Kier alpha value is -2.42. The summed E-state index contributed by atoms with van der Waals surface area (Å²) in [5, 5.41) is 11.3. The molecule has 1 aromatic rings. The number of terminal acetylenes is 1. The quantitative estimate of drug-likeness (QED) is 0.758. The summed E-state index contributed by atoms with van der Waals surface area (Å²) in [5.41, 5.74) is 0. The fraction of sp³-hybridized carbons (Fsp3) is 0.385. The zero-order chi connectivity index (χ0) is 14.3. The highest BCUT2D eigenvalue weighted by Gasteiger charge is 2.22. The minimum absolute atomic E-state index is 0.0562. The summed E-state index contributed by atoms with van der Waals surface area (Å²) in [4.78, 5) is 24.3. The first-order chi connectivity index (χ1) is 9.08. The number of carbonyl (C=O) groups excluding carboxylic acids is 1. The summed E-state index contributed by atoms with van der Waals surface area (Å²) in [6.45, 7) is 2.49. The maximum absolute atomic E-state index is 11.9. The normalized spacial score (nSPS) is 11.4. The maximum Gasteiger partial charge on any atom is 0.327 e. The van der Waals surface area contributed by atoms with E-state index >= 15 is 0 Å². The van der Waals surface area contributed by atoms with Crippen LogP contribution in [0, 0.1) is 12.3 Å². The van der Waals surface area contributed by atoms with E-state index in [1.54, 1.807) is 19.1 Å². The summed E-state index contributed by atoms with van der Waals surface area (Å²) in [6, 6.07) is 1.90. The standard InChI is InChI=1S/C13H16N2O4/c1-3-6-11(12(16)17)14-13(18)15(4-2)9-10-7-5-8-19-10/h1,5,7-8,11H,4,6,9H2,2H3,(H,14,18)(H,16,17). The van der Waals surface area contributed by atoms with Crippen molar-refractivity contribution >= 4 is 12.0 Å². The number of hydrogen-bond acceptors (Lipinski definition) is 3. The second-order valence-electron chi connectivity index (χ2n) is 3.84. The molecule has 0 spiro atoms. The van der Waals surface area contributed by atoms with Crippen LogP contribution in [0.25, 0.3) is 0 Å². The molecule has 0 bridgehead atoms. The van der Waals surface area contributed by atoms with E-state index in [0.29, 0.717) is 12.3 Å². The third-order valence-electron chi connectivity index (χ3n) is 2.51. The summed E-state index contributed by atoms with van der Waals surface area (Å²) >= 11 is 0. The van der Waals surface area contributed by atoms with Crippen molar-refractivity contribution in [2.45, 2.75) is 25.9 Å². The summed E-state index contributed by atoms with van der Waals surface area (Å²) < 4.78 is 5.15. The van der Waals surface area contributed by atoms with Gasteiger partial charge < -0.3 is 19.7 Å². The van der Waals surface area contributed by atoms with E-state index in [-0.39, 0.29) is 13.0 Å². The van der Waals surface area contributed by atoms with Crippen molar-refractivity contribution in [3.05, 3.63) is 24.2 Å². The molecular weight excluding hydrogens is 248 g/mol. The molecule has 0 aliphatic rings. The number of carbonyl (C=O) groups is 2. The van der Waals surface area contributed by atoms with Crippen LogP contribution in [-0.2, 0) is 11.3 Å². The second kappa shape index (κ2) is 7.11. The third kappa shape index (κ3) is 4.39. The van der Waals surface area contributed by atoms with Crippen LogP contribution in [0.4, 0.5) is 4.79 Å². The van der Waals surface area contributed by atoms with Crippen LogP contribution in [0.15, 0.2) is 22.8 Å². The molecule has 1 atom stereocenters. The first kappa shape index (κ1) is 14.6. The molecule has 6 heteroatoms. The Labute approximate surface area is 111 Å². The predicted octanol–water partition coefficient (Wildman–Crippen LogP) is 1.29. The maximum atomic E-state index is 11.9. The number of carboxylic acids is 1. The predicted molar refractivity (Wildman–Crippen MR) is 68.2 cm³/mol. The SMILES string of the molecule is C#CCC(NC(=O)N(CC)Cc1ccco1)C(=O)O.